The first-order chi connectivity index (χ1) is 14.7. The third-order valence-corrected chi connectivity index (χ3v) is 5.01. The van der Waals surface area contributed by atoms with Gasteiger partial charge in [-0.05, 0) is 23.8 Å². The maximum atomic E-state index is 9.85. The number of rotatable bonds is 3. The maximum Gasteiger partial charge on any atom is 0.224 e. The van der Waals surface area contributed by atoms with Crippen molar-refractivity contribution in [3.63, 3.8) is 0 Å². The predicted molar refractivity (Wildman–Crippen MR) is 107 cm³/mol. The second-order valence-electron chi connectivity index (χ2n) is 6.75. The van der Waals surface area contributed by atoms with E-state index in [1.54, 1.807) is 42.7 Å². The van der Waals surface area contributed by atoms with Crippen molar-refractivity contribution < 1.29 is 4.74 Å². The molecule has 0 fully saturated rings. The molecule has 0 saturated heterocycles. The number of allylic oxidation sites excluding steroid dienone is 1. The molecular weight excluding hydrogens is 380 g/mol. The Bertz CT molecular complexity index is 1280. The van der Waals surface area contributed by atoms with Crippen molar-refractivity contribution in [2.75, 3.05) is 0 Å². The minimum Gasteiger partial charge on any atom is -0.422 e. The van der Waals surface area contributed by atoms with Crippen LogP contribution in [0, 0.1) is 11.3 Å². The number of nitriles is 1. The van der Waals surface area contributed by atoms with Crippen LogP contribution in [0.3, 0.4) is 0 Å². The smallest absolute Gasteiger partial charge is 0.224 e. The molecule has 0 bridgehead atoms. The molecule has 0 saturated carbocycles. The summed E-state index contributed by atoms with van der Waals surface area (Å²) in [5.41, 5.74) is 9.53. The van der Waals surface area contributed by atoms with Gasteiger partial charge in [-0.2, -0.15) is 10.4 Å². The fourth-order valence-corrected chi connectivity index (χ4v) is 3.64. The lowest BCUT2D eigenvalue weighted by Crippen LogP contribution is -2.22. The van der Waals surface area contributed by atoms with Gasteiger partial charge < -0.3 is 15.0 Å². The van der Waals surface area contributed by atoms with Gasteiger partial charge in [0.1, 0.15) is 17.3 Å². The summed E-state index contributed by atoms with van der Waals surface area (Å²) in [6.45, 7) is 0. The highest BCUT2D eigenvalue weighted by atomic mass is 16.5. The molecule has 2 N–H and O–H groups in total. The van der Waals surface area contributed by atoms with E-state index in [9.17, 15) is 5.26 Å². The van der Waals surface area contributed by atoms with E-state index < -0.39 is 5.92 Å². The molecular formula is C21H16N8O. The van der Waals surface area contributed by atoms with E-state index in [1.807, 2.05) is 35.0 Å². The van der Waals surface area contributed by atoms with Gasteiger partial charge in [0.2, 0.25) is 11.8 Å². The van der Waals surface area contributed by atoms with Gasteiger partial charge in [0, 0.05) is 37.5 Å². The zero-order valence-electron chi connectivity index (χ0n) is 16.0. The SMILES string of the molecule is Cn1nc(-c2ncccn2)c2c1OC(N)=C(C#N)C2c1ccc(-n2ccnc2)cc1. The van der Waals surface area contributed by atoms with Crippen LogP contribution in [0.5, 0.6) is 5.88 Å². The highest BCUT2D eigenvalue weighted by Gasteiger charge is 2.37. The van der Waals surface area contributed by atoms with Crippen molar-refractivity contribution in [2.45, 2.75) is 5.92 Å². The third kappa shape index (κ3) is 2.70. The Morgan fingerprint density at radius 1 is 1.13 bits per heavy atom. The molecule has 4 aromatic rings. The molecule has 30 heavy (non-hydrogen) atoms. The lowest BCUT2D eigenvalue weighted by molar-refractivity contribution is 0.358. The molecule has 9 heteroatoms. The number of benzene rings is 1. The van der Waals surface area contributed by atoms with Crippen molar-refractivity contribution in [3.05, 3.63) is 84.0 Å². The highest BCUT2D eigenvalue weighted by Crippen LogP contribution is 2.45. The van der Waals surface area contributed by atoms with Crippen LogP contribution in [-0.2, 0) is 7.05 Å². The predicted octanol–water partition coefficient (Wildman–Crippen LogP) is 2.28. The monoisotopic (exact) mass is 396 g/mol. The van der Waals surface area contributed by atoms with Crippen LogP contribution in [0.4, 0.5) is 0 Å². The summed E-state index contributed by atoms with van der Waals surface area (Å²) < 4.78 is 9.27. The van der Waals surface area contributed by atoms with E-state index in [1.165, 1.54) is 0 Å². The van der Waals surface area contributed by atoms with Crippen LogP contribution in [0.25, 0.3) is 17.2 Å². The van der Waals surface area contributed by atoms with Crippen molar-refractivity contribution in [3.8, 4) is 29.2 Å². The minimum absolute atomic E-state index is 0.0669. The number of nitrogens with zero attached hydrogens (tertiary/aromatic N) is 7. The molecule has 0 spiro atoms. The highest BCUT2D eigenvalue weighted by molar-refractivity contribution is 5.67. The lowest BCUT2D eigenvalue weighted by atomic mass is 9.84. The van der Waals surface area contributed by atoms with Crippen LogP contribution in [-0.4, -0.2) is 29.3 Å². The van der Waals surface area contributed by atoms with Crippen molar-refractivity contribution >= 4 is 0 Å². The van der Waals surface area contributed by atoms with E-state index in [0.29, 0.717) is 28.5 Å². The first kappa shape index (κ1) is 17.6. The minimum atomic E-state index is -0.455. The van der Waals surface area contributed by atoms with Gasteiger partial charge in [0.25, 0.3) is 0 Å². The van der Waals surface area contributed by atoms with E-state index in [4.69, 9.17) is 10.5 Å². The molecule has 146 valence electrons. The molecule has 4 heterocycles. The Morgan fingerprint density at radius 2 is 1.90 bits per heavy atom. The third-order valence-electron chi connectivity index (χ3n) is 5.01. The van der Waals surface area contributed by atoms with Crippen LogP contribution in [0.15, 0.2) is 72.9 Å². The Balaban J connectivity index is 1.69. The summed E-state index contributed by atoms with van der Waals surface area (Å²) >= 11 is 0. The molecule has 3 aromatic heterocycles. The quantitative estimate of drug-likeness (QED) is 0.564. The largest absolute Gasteiger partial charge is 0.422 e. The second-order valence-corrected chi connectivity index (χ2v) is 6.75. The van der Waals surface area contributed by atoms with E-state index in [2.05, 4.69) is 26.1 Å². The molecule has 0 amide bonds. The van der Waals surface area contributed by atoms with Crippen molar-refractivity contribution in [2.24, 2.45) is 12.8 Å². The molecule has 0 radical (unpaired) electrons. The Kier molecular flexibility index (Phi) is 4.03. The second kappa shape index (κ2) is 6.86. The first-order valence-electron chi connectivity index (χ1n) is 9.17. The van der Waals surface area contributed by atoms with Crippen molar-refractivity contribution in [1.82, 2.24) is 29.3 Å². The first-order valence-corrected chi connectivity index (χ1v) is 9.17. The summed E-state index contributed by atoms with van der Waals surface area (Å²) in [6, 6.07) is 11.8. The van der Waals surface area contributed by atoms with Crippen LogP contribution < -0.4 is 10.5 Å². The van der Waals surface area contributed by atoms with Gasteiger partial charge >= 0.3 is 0 Å². The zero-order valence-corrected chi connectivity index (χ0v) is 16.0. The molecule has 1 unspecified atom stereocenters. The van der Waals surface area contributed by atoms with Gasteiger partial charge in [-0.15, -0.1) is 0 Å². The van der Waals surface area contributed by atoms with Crippen LogP contribution in [0.2, 0.25) is 0 Å². The number of ether oxygens (including phenoxy) is 1. The number of imidazole rings is 1. The van der Waals surface area contributed by atoms with E-state index >= 15 is 0 Å². The van der Waals surface area contributed by atoms with Crippen LogP contribution >= 0.6 is 0 Å². The van der Waals surface area contributed by atoms with Gasteiger partial charge in [-0.3, -0.25) is 0 Å². The molecule has 5 rings (SSSR count). The topological polar surface area (TPSA) is 120 Å². The number of nitrogens with two attached hydrogens (primary N) is 1. The average molecular weight is 396 g/mol. The van der Waals surface area contributed by atoms with Crippen LogP contribution in [0.1, 0.15) is 17.0 Å². The van der Waals surface area contributed by atoms with Gasteiger partial charge in [0.05, 0.1) is 17.8 Å². The Labute approximate surface area is 171 Å². The van der Waals surface area contributed by atoms with Gasteiger partial charge in [-0.25, -0.2) is 19.6 Å². The van der Waals surface area contributed by atoms with E-state index in [0.717, 1.165) is 11.3 Å². The maximum absolute atomic E-state index is 9.85. The fraction of sp³-hybridized carbons (Fsp3) is 0.0952. The molecule has 1 atom stereocenters. The standard InChI is InChI=1S/C21H16N8O/c1-28-21-17(18(27-28)20-25-7-2-8-26-20)16(15(11-22)19(23)30-21)13-3-5-14(6-4-13)29-10-9-24-12-29/h2-10,12,16H,23H2,1H3. The lowest BCUT2D eigenvalue weighted by Gasteiger charge is -2.24. The van der Waals surface area contributed by atoms with Crippen molar-refractivity contribution in [1.29, 1.82) is 5.26 Å². The van der Waals surface area contributed by atoms with Gasteiger partial charge in [0.15, 0.2) is 5.82 Å². The summed E-state index contributed by atoms with van der Waals surface area (Å²) in [7, 11) is 1.76. The van der Waals surface area contributed by atoms with E-state index in [-0.39, 0.29) is 5.88 Å². The Morgan fingerprint density at radius 3 is 2.57 bits per heavy atom. The average Bonchev–Trinajstić information content (AvgIpc) is 3.42. The number of hydrogen-bond acceptors (Lipinski definition) is 7. The number of aromatic nitrogens is 6. The van der Waals surface area contributed by atoms with Gasteiger partial charge in [-0.1, -0.05) is 12.1 Å². The molecule has 1 aliphatic rings. The summed E-state index contributed by atoms with van der Waals surface area (Å²) in [5.74, 6) is 0.536. The summed E-state index contributed by atoms with van der Waals surface area (Å²) in [6.07, 6.45) is 8.62. The zero-order chi connectivity index (χ0) is 20.7. The normalized spacial score (nSPS) is 15.4. The summed E-state index contributed by atoms with van der Waals surface area (Å²) in [5, 5.41) is 14.4. The molecule has 0 aliphatic carbocycles. The Hall–Kier alpha value is -4.45. The number of hydrogen-bond donors (Lipinski definition) is 1. The number of fused-ring (bicyclic) bond motifs is 1. The molecule has 9 nitrogen and oxygen atoms in total. The summed E-state index contributed by atoms with van der Waals surface area (Å²) in [4.78, 5) is 12.7. The molecule has 1 aliphatic heterocycles. The molecule has 1 aromatic carbocycles. The fourth-order valence-electron chi connectivity index (χ4n) is 3.64. The number of aryl methyl sites for hydroxylation is 1.